The van der Waals surface area contributed by atoms with Crippen LogP contribution < -0.4 is 15.4 Å². The number of nitrogens with zero attached hydrogens (tertiary/aromatic N) is 1. The Morgan fingerprint density at radius 1 is 1.33 bits per heavy atom. The van der Waals surface area contributed by atoms with Gasteiger partial charge in [0.25, 0.3) is 5.91 Å². The Balaban J connectivity index is 1.66. The van der Waals surface area contributed by atoms with Crippen LogP contribution in [0.2, 0.25) is 5.02 Å². The number of anilines is 2. The number of carbonyl (C=O) groups is 1. The van der Waals surface area contributed by atoms with E-state index in [4.69, 9.17) is 16.3 Å². The number of amides is 1. The number of carbonyl (C=O) groups excluding carboxylic acids is 1. The van der Waals surface area contributed by atoms with Crippen molar-refractivity contribution in [2.24, 2.45) is 5.41 Å². The maximum Gasteiger partial charge on any atom is 0.255 e. The summed E-state index contributed by atoms with van der Waals surface area (Å²) >= 11 is 6.32. The standard InChI is InChI=1S/C25H22ClFN4O2/c1-33-23-17(26)3-2-4-19(23)31-22-20-18(7-12-29-24(20)32)30-21(22)16-6-11-28-13-15(16)5-8-25(14-27)9-10-25/h2-4,6,11,13,30-31H,7,9-10,12,14H2,1H3,(H,29,32). The maximum absolute atomic E-state index is 13.4. The molecule has 168 valence electrons. The van der Waals surface area contributed by atoms with E-state index in [1.807, 2.05) is 12.1 Å². The Morgan fingerprint density at radius 3 is 2.94 bits per heavy atom. The minimum atomic E-state index is -0.531. The van der Waals surface area contributed by atoms with Crippen molar-refractivity contribution in [1.82, 2.24) is 15.3 Å². The lowest BCUT2D eigenvalue weighted by atomic mass is 10.0. The molecular weight excluding hydrogens is 443 g/mol. The number of hydrogen-bond acceptors (Lipinski definition) is 4. The van der Waals surface area contributed by atoms with Crippen LogP contribution in [0.15, 0.2) is 36.7 Å². The van der Waals surface area contributed by atoms with E-state index in [2.05, 4.69) is 32.4 Å². The summed E-state index contributed by atoms with van der Waals surface area (Å²) in [6.45, 7) is 0.0989. The highest BCUT2D eigenvalue weighted by atomic mass is 35.5. The molecular formula is C25H22ClFN4O2. The van der Waals surface area contributed by atoms with Crippen molar-refractivity contribution in [2.75, 3.05) is 25.6 Å². The van der Waals surface area contributed by atoms with Crippen LogP contribution in [-0.2, 0) is 6.42 Å². The highest BCUT2D eigenvalue weighted by molar-refractivity contribution is 6.32. The molecule has 6 nitrogen and oxygen atoms in total. The van der Waals surface area contributed by atoms with E-state index in [-0.39, 0.29) is 5.91 Å². The molecule has 3 N–H and O–H groups in total. The number of aromatic amines is 1. The van der Waals surface area contributed by atoms with E-state index in [1.165, 1.54) is 0 Å². The van der Waals surface area contributed by atoms with Gasteiger partial charge in [-0.05, 0) is 31.0 Å². The summed E-state index contributed by atoms with van der Waals surface area (Å²) in [6.07, 6.45) is 5.54. The number of benzene rings is 1. The highest BCUT2D eigenvalue weighted by Crippen LogP contribution is 2.46. The first-order chi connectivity index (χ1) is 16.0. The van der Waals surface area contributed by atoms with Crippen molar-refractivity contribution in [3.05, 3.63) is 58.5 Å². The Kier molecular flexibility index (Phi) is 5.47. The molecule has 33 heavy (non-hydrogen) atoms. The van der Waals surface area contributed by atoms with Crippen LogP contribution in [0.1, 0.15) is 34.5 Å². The van der Waals surface area contributed by atoms with Crippen LogP contribution in [0.3, 0.4) is 0 Å². The van der Waals surface area contributed by atoms with Crippen molar-refractivity contribution < 1.29 is 13.9 Å². The number of pyridine rings is 1. The molecule has 1 aliphatic heterocycles. The fourth-order valence-electron chi connectivity index (χ4n) is 4.01. The van der Waals surface area contributed by atoms with Gasteiger partial charge >= 0.3 is 0 Å². The van der Waals surface area contributed by atoms with Crippen molar-refractivity contribution in [1.29, 1.82) is 0 Å². The van der Waals surface area contributed by atoms with Gasteiger partial charge in [-0.1, -0.05) is 29.5 Å². The van der Waals surface area contributed by atoms with Crippen molar-refractivity contribution >= 4 is 28.9 Å². The summed E-state index contributed by atoms with van der Waals surface area (Å²) in [5, 5.41) is 6.72. The number of aromatic nitrogens is 2. The maximum atomic E-state index is 13.4. The van der Waals surface area contributed by atoms with Crippen molar-refractivity contribution in [2.45, 2.75) is 19.3 Å². The average molecular weight is 465 g/mol. The number of methoxy groups -OCH3 is 1. The van der Waals surface area contributed by atoms with Gasteiger partial charge in [0, 0.05) is 36.6 Å². The monoisotopic (exact) mass is 464 g/mol. The van der Waals surface area contributed by atoms with E-state index >= 15 is 0 Å². The molecule has 0 atom stereocenters. The molecule has 0 unspecified atom stereocenters. The number of nitrogens with one attached hydrogen (secondary N) is 3. The number of rotatable bonds is 5. The summed E-state index contributed by atoms with van der Waals surface area (Å²) in [4.78, 5) is 20.5. The van der Waals surface area contributed by atoms with Gasteiger partial charge in [-0.25, -0.2) is 4.39 Å². The Bertz CT molecular complexity index is 1300. The topological polar surface area (TPSA) is 79.0 Å². The third kappa shape index (κ3) is 3.91. The second kappa shape index (κ2) is 8.45. The van der Waals surface area contributed by atoms with Crippen LogP contribution in [0.4, 0.5) is 15.8 Å². The van der Waals surface area contributed by atoms with Gasteiger partial charge in [-0.2, -0.15) is 0 Å². The number of ether oxygens (including phenoxy) is 1. The van der Waals surface area contributed by atoms with Gasteiger partial charge in [-0.15, -0.1) is 0 Å². The lowest BCUT2D eigenvalue weighted by molar-refractivity contribution is 0.0947. The van der Waals surface area contributed by atoms with Gasteiger partial charge < -0.3 is 20.4 Å². The van der Waals surface area contributed by atoms with Crippen LogP contribution in [0, 0.1) is 17.3 Å². The third-order valence-corrected chi connectivity index (χ3v) is 6.36. The van der Waals surface area contributed by atoms with Gasteiger partial charge in [0.1, 0.15) is 6.67 Å². The molecule has 1 amide bonds. The van der Waals surface area contributed by atoms with Crippen LogP contribution in [0.25, 0.3) is 11.3 Å². The zero-order valence-electron chi connectivity index (χ0n) is 18.0. The first kappa shape index (κ1) is 21.4. The van der Waals surface area contributed by atoms with E-state index in [9.17, 15) is 9.18 Å². The quantitative estimate of drug-likeness (QED) is 0.471. The fraction of sp³-hybridized carbons (Fsp3) is 0.280. The highest BCUT2D eigenvalue weighted by Gasteiger charge is 2.41. The smallest absolute Gasteiger partial charge is 0.255 e. The Labute approximate surface area is 195 Å². The first-order valence-corrected chi connectivity index (χ1v) is 11.1. The zero-order chi connectivity index (χ0) is 23.0. The van der Waals surface area contributed by atoms with Crippen LogP contribution in [0.5, 0.6) is 5.75 Å². The van der Waals surface area contributed by atoms with E-state index in [0.717, 1.165) is 24.1 Å². The Morgan fingerprint density at radius 2 is 2.18 bits per heavy atom. The molecule has 0 spiro atoms. The predicted molar refractivity (Wildman–Crippen MR) is 126 cm³/mol. The number of hydrogen-bond donors (Lipinski definition) is 3. The number of fused-ring (bicyclic) bond motifs is 1. The summed E-state index contributed by atoms with van der Waals surface area (Å²) in [7, 11) is 1.54. The second-order valence-electron chi connectivity index (χ2n) is 8.27. The molecule has 1 fully saturated rings. The molecule has 1 saturated carbocycles. The molecule has 0 saturated heterocycles. The predicted octanol–water partition coefficient (Wildman–Crippen LogP) is 4.87. The molecule has 0 radical (unpaired) electrons. The average Bonchev–Trinajstić information content (AvgIpc) is 3.52. The molecule has 1 aliphatic carbocycles. The van der Waals surface area contributed by atoms with Gasteiger partial charge in [0.15, 0.2) is 5.75 Å². The van der Waals surface area contributed by atoms with Gasteiger partial charge in [-0.3, -0.25) is 9.78 Å². The molecule has 5 rings (SSSR count). The number of para-hydroxylation sites is 1. The van der Waals surface area contributed by atoms with Gasteiger partial charge in [0.2, 0.25) is 0 Å². The van der Waals surface area contributed by atoms with Crippen molar-refractivity contribution in [3.63, 3.8) is 0 Å². The molecule has 1 aromatic carbocycles. The van der Waals surface area contributed by atoms with E-state index in [1.54, 1.807) is 31.6 Å². The largest absolute Gasteiger partial charge is 0.493 e. The van der Waals surface area contributed by atoms with Crippen LogP contribution in [-0.4, -0.2) is 36.2 Å². The lowest BCUT2D eigenvalue weighted by Gasteiger charge is -2.17. The summed E-state index contributed by atoms with van der Waals surface area (Å²) < 4.78 is 18.9. The second-order valence-corrected chi connectivity index (χ2v) is 8.67. The summed E-state index contributed by atoms with van der Waals surface area (Å²) in [6, 6.07) is 7.22. The first-order valence-electron chi connectivity index (χ1n) is 10.7. The van der Waals surface area contributed by atoms with Crippen molar-refractivity contribution in [3.8, 4) is 28.8 Å². The number of alkyl halides is 1. The molecule has 8 heteroatoms. The SMILES string of the molecule is COc1c(Cl)cccc1Nc1c(-c2ccncc2C#CC2(CF)CC2)[nH]c2c1C(=O)NCC2. The number of halogens is 2. The summed E-state index contributed by atoms with van der Waals surface area (Å²) in [5.74, 6) is 6.54. The number of H-pyrrole nitrogens is 1. The molecule has 3 aromatic rings. The zero-order valence-corrected chi connectivity index (χ0v) is 18.8. The molecule has 2 aliphatic rings. The minimum absolute atomic E-state index is 0.168. The fourth-order valence-corrected chi connectivity index (χ4v) is 4.26. The molecule has 2 aromatic heterocycles. The van der Waals surface area contributed by atoms with E-state index < -0.39 is 12.1 Å². The molecule has 3 heterocycles. The van der Waals surface area contributed by atoms with E-state index in [0.29, 0.717) is 51.9 Å². The molecule has 0 bridgehead atoms. The normalized spacial score (nSPS) is 15.7. The van der Waals surface area contributed by atoms with Gasteiger partial charge in [0.05, 0.1) is 45.7 Å². The third-order valence-electron chi connectivity index (χ3n) is 6.06. The Hall–Kier alpha value is -3.50. The van der Waals surface area contributed by atoms with Crippen LogP contribution >= 0.6 is 11.6 Å². The summed E-state index contributed by atoms with van der Waals surface area (Å²) in [5.41, 5.74) is 4.21. The minimum Gasteiger partial charge on any atom is -0.493 e. The lowest BCUT2D eigenvalue weighted by Crippen LogP contribution is -2.31.